The number of oxazole rings is 1. The molecule has 0 atom stereocenters. The fourth-order valence-electron chi connectivity index (χ4n) is 0.475. The maximum absolute atomic E-state index is 5.00. The molecule has 0 amide bonds. The van der Waals surface area contributed by atoms with E-state index in [0.717, 1.165) is 0 Å². The van der Waals surface area contributed by atoms with Crippen LogP contribution in [0.4, 0.5) is 0 Å². The highest BCUT2D eigenvalue weighted by Gasteiger charge is 1.93. The lowest BCUT2D eigenvalue weighted by molar-refractivity contribution is 0.114. The van der Waals surface area contributed by atoms with E-state index in [1.165, 1.54) is 6.26 Å². The van der Waals surface area contributed by atoms with Crippen molar-refractivity contribution in [3.63, 3.8) is 0 Å². The molecule has 0 aliphatic heterocycles. The summed E-state index contributed by atoms with van der Waals surface area (Å²) in [5.74, 6) is 0.580. The van der Waals surface area contributed by atoms with Gasteiger partial charge in [-0.25, -0.2) is 4.98 Å². The van der Waals surface area contributed by atoms with Crippen molar-refractivity contribution in [3.05, 3.63) is 18.4 Å². The number of aromatic nitrogens is 1. The zero-order chi connectivity index (χ0) is 6.53. The van der Waals surface area contributed by atoms with Gasteiger partial charge in [0.1, 0.15) is 19.1 Å². The Morgan fingerprint density at radius 3 is 3.33 bits per heavy atom. The lowest BCUT2D eigenvalue weighted by atomic mass is 10.7. The van der Waals surface area contributed by atoms with Crippen molar-refractivity contribution in [2.24, 2.45) is 0 Å². The molecule has 0 aliphatic rings. The topological polar surface area (TPSA) is 35.3 Å². The van der Waals surface area contributed by atoms with Crippen LogP contribution in [0, 0.1) is 6.20 Å². The number of rotatable bonds is 3. The van der Waals surface area contributed by atoms with Crippen LogP contribution in [-0.2, 0) is 11.3 Å². The van der Waals surface area contributed by atoms with Gasteiger partial charge in [0.2, 0.25) is 5.89 Å². The number of hydrogen-bond acceptors (Lipinski definition) is 3. The van der Waals surface area contributed by atoms with Crippen LogP contribution in [0.2, 0.25) is 0 Å². The first kappa shape index (κ1) is 6.29. The van der Waals surface area contributed by atoms with Crippen LogP contribution in [0.5, 0.6) is 0 Å². The van der Waals surface area contributed by atoms with E-state index in [-0.39, 0.29) is 0 Å². The second-order valence-corrected chi connectivity index (χ2v) is 1.51. The highest BCUT2D eigenvalue weighted by molar-refractivity contribution is 4.73. The summed E-state index contributed by atoms with van der Waals surface area (Å²) in [5.41, 5.74) is 0. The summed E-state index contributed by atoms with van der Waals surface area (Å²) in [6.45, 7) is 3.05. The normalized spacial score (nSPS) is 9.89. The average molecular weight is 126 g/mol. The molecule has 0 fully saturated rings. The van der Waals surface area contributed by atoms with Crippen LogP contribution in [0.3, 0.4) is 0 Å². The maximum atomic E-state index is 5.00. The molecule has 3 heteroatoms. The summed E-state index contributed by atoms with van der Waals surface area (Å²) in [6, 6.07) is 0. The van der Waals surface area contributed by atoms with Crippen LogP contribution in [0.1, 0.15) is 12.8 Å². The van der Waals surface area contributed by atoms with Crippen LogP contribution in [-0.4, -0.2) is 11.6 Å². The largest absolute Gasteiger partial charge is 0.446 e. The molecule has 1 rings (SSSR count). The second-order valence-electron chi connectivity index (χ2n) is 1.51. The summed E-state index contributed by atoms with van der Waals surface area (Å²) in [4.78, 5) is 3.74. The smallest absolute Gasteiger partial charge is 0.220 e. The zero-order valence-corrected chi connectivity index (χ0v) is 5.26. The monoisotopic (exact) mass is 126 g/mol. The maximum Gasteiger partial charge on any atom is 0.220 e. The van der Waals surface area contributed by atoms with Gasteiger partial charge in [0.15, 0.2) is 0 Å². The molecule has 1 aromatic heterocycles. The predicted molar refractivity (Wildman–Crippen MR) is 30.7 cm³/mol. The van der Waals surface area contributed by atoms with E-state index in [9.17, 15) is 0 Å². The summed E-state index contributed by atoms with van der Waals surface area (Å²) < 4.78 is 9.85. The van der Waals surface area contributed by atoms with Gasteiger partial charge in [-0.05, 0) is 6.92 Å². The fourth-order valence-corrected chi connectivity index (χ4v) is 0.475. The minimum atomic E-state index is 0.444. The van der Waals surface area contributed by atoms with Crippen molar-refractivity contribution < 1.29 is 9.15 Å². The summed E-state index contributed by atoms with van der Waals surface area (Å²) >= 11 is 0. The number of hydrogen-bond donors (Lipinski definition) is 0. The molecule has 3 nitrogen and oxygen atoms in total. The molecule has 0 unspecified atom stereocenters. The minimum absolute atomic E-state index is 0.444. The molecule has 0 aliphatic carbocycles. The minimum Gasteiger partial charge on any atom is -0.446 e. The highest BCUT2D eigenvalue weighted by atomic mass is 16.5. The molecule has 1 aromatic rings. The zero-order valence-electron chi connectivity index (χ0n) is 5.26. The molecule has 0 N–H and O–H groups in total. The lowest BCUT2D eigenvalue weighted by Crippen LogP contribution is -1.90. The van der Waals surface area contributed by atoms with Crippen molar-refractivity contribution in [2.75, 3.05) is 6.61 Å². The van der Waals surface area contributed by atoms with E-state index < -0.39 is 0 Å². The van der Waals surface area contributed by atoms with Crippen LogP contribution in [0.15, 0.2) is 10.7 Å². The Kier molecular flexibility index (Phi) is 2.27. The predicted octanol–water partition coefficient (Wildman–Crippen LogP) is 1.01. The molecule has 1 radical (unpaired) electrons. The van der Waals surface area contributed by atoms with Crippen molar-refractivity contribution in [2.45, 2.75) is 13.5 Å². The summed E-state index contributed by atoms with van der Waals surface area (Å²) in [6.07, 6.45) is 3.95. The summed E-state index contributed by atoms with van der Waals surface area (Å²) in [7, 11) is 0. The van der Waals surface area contributed by atoms with Crippen molar-refractivity contribution in [1.82, 2.24) is 4.98 Å². The fraction of sp³-hybridized carbons (Fsp3) is 0.500. The first-order valence-corrected chi connectivity index (χ1v) is 2.81. The van der Waals surface area contributed by atoms with Gasteiger partial charge in [0.25, 0.3) is 0 Å². The Bertz CT molecular complexity index is 148. The number of nitrogens with zero attached hydrogens (tertiary/aromatic N) is 1. The Morgan fingerprint density at radius 1 is 1.89 bits per heavy atom. The van der Waals surface area contributed by atoms with Crippen molar-refractivity contribution in [3.8, 4) is 0 Å². The SMILES string of the molecule is CCOCc1n[c]co1. The van der Waals surface area contributed by atoms with Crippen LogP contribution in [0.25, 0.3) is 0 Å². The molecule has 0 spiro atoms. The van der Waals surface area contributed by atoms with Gasteiger partial charge in [-0.15, -0.1) is 0 Å². The standard InChI is InChI=1S/C6H8NO2/c1-2-8-5-6-7-3-4-9-6/h4H,2,5H2,1H3. The molecule has 0 saturated heterocycles. The average Bonchev–Trinajstić information content (AvgIpc) is 2.34. The molecule has 0 bridgehead atoms. The van der Waals surface area contributed by atoms with E-state index in [1.807, 2.05) is 6.92 Å². The van der Waals surface area contributed by atoms with Crippen LogP contribution < -0.4 is 0 Å². The quantitative estimate of drug-likeness (QED) is 0.606. The van der Waals surface area contributed by atoms with E-state index in [2.05, 4.69) is 11.2 Å². The van der Waals surface area contributed by atoms with Crippen molar-refractivity contribution in [1.29, 1.82) is 0 Å². The van der Waals surface area contributed by atoms with Crippen molar-refractivity contribution >= 4 is 0 Å². The van der Waals surface area contributed by atoms with E-state index >= 15 is 0 Å². The second kappa shape index (κ2) is 3.25. The third-order valence-electron chi connectivity index (χ3n) is 0.867. The first-order valence-electron chi connectivity index (χ1n) is 2.81. The molecular formula is C6H8NO2. The van der Waals surface area contributed by atoms with Gasteiger partial charge in [-0.1, -0.05) is 0 Å². The Morgan fingerprint density at radius 2 is 2.78 bits per heavy atom. The van der Waals surface area contributed by atoms with Gasteiger partial charge in [-0.3, -0.25) is 0 Å². The Labute approximate surface area is 53.7 Å². The highest BCUT2D eigenvalue weighted by Crippen LogP contribution is 1.94. The number of ether oxygens (including phenoxy) is 1. The molecule has 1 heterocycles. The van der Waals surface area contributed by atoms with Crippen LogP contribution >= 0.6 is 0 Å². The first-order chi connectivity index (χ1) is 4.43. The Balaban J connectivity index is 2.30. The third-order valence-corrected chi connectivity index (χ3v) is 0.867. The Hall–Kier alpha value is -0.830. The van der Waals surface area contributed by atoms with Gasteiger partial charge < -0.3 is 9.15 Å². The van der Waals surface area contributed by atoms with Gasteiger partial charge >= 0.3 is 0 Å². The van der Waals surface area contributed by atoms with E-state index in [0.29, 0.717) is 19.1 Å². The molecule has 9 heavy (non-hydrogen) atoms. The molecule has 0 saturated carbocycles. The van der Waals surface area contributed by atoms with E-state index in [1.54, 1.807) is 0 Å². The molecular weight excluding hydrogens is 118 g/mol. The lowest BCUT2D eigenvalue weighted by Gasteiger charge is -1.92. The van der Waals surface area contributed by atoms with Gasteiger partial charge in [-0.2, -0.15) is 0 Å². The molecule has 0 aromatic carbocycles. The van der Waals surface area contributed by atoms with E-state index in [4.69, 9.17) is 9.15 Å². The van der Waals surface area contributed by atoms with Gasteiger partial charge in [0.05, 0.1) is 0 Å². The van der Waals surface area contributed by atoms with Gasteiger partial charge in [0, 0.05) is 6.61 Å². The third kappa shape index (κ3) is 1.85. The summed E-state index contributed by atoms with van der Waals surface area (Å²) in [5, 5.41) is 0. The molecule has 49 valence electrons.